The van der Waals surface area contributed by atoms with Crippen LogP contribution in [0.15, 0.2) is 41.2 Å². The molecule has 0 aliphatic carbocycles. The number of hydrogen-bond donors (Lipinski definition) is 3. The van der Waals surface area contributed by atoms with Crippen molar-refractivity contribution >= 4 is 11.5 Å². The zero-order valence-corrected chi connectivity index (χ0v) is 16.9. The predicted molar refractivity (Wildman–Crippen MR) is 107 cm³/mol. The molecule has 32 heavy (non-hydrogen) atoms. The van der Waals surface area contributed by atoms with Crippen molar-refractivity contribution in [3.8, 4) is 28.8 Å². The molecule has 9 nitrogen and oxygen atoms in total. The summed E-state index contributed by atoms with van der Waals surface area (Å²) in [6.07, 6.45) is -0.705. The quantitative estimate of drug-likeness (QED) is 0.424. The Hall–Kier alpha value is -3.64. The number of alkyl halides is 3. The minimum absolute atomic E-state index is 0.0188. The number of aryl methyl sites for hydroxylation is 1. The van der Waals surface area contributed by atoms with Crippen LogP contribution in [0.25, 0.3) is 28.4 Å². The Bertz CT molecular complexity index is 1300. The molecule has 1 unspecified atom stereocenters. The number of halogens is 3. The Kier molecular flexibility index (Phi) is 5.06. The van der Waals surface area contributed by atoms with Gasteiger partial charge < -0.3 is 25.1 Å². The monoisotopic (exact) mass is 449 g/mol. The minimum atomic E-state index is -5.08. The first-order chi connectivity index (χ1) is 15.1. The number of imidazole rings is 1. The number of hydrogen-bond acceptors (Lipinski definition) is 8. The van der Waals surface area contributed by atoms with Gasteiger partial charge in [-0.3, -0.25) is 4.40 Å². The predicted octanol–water partition coefficient (Wildman–Crippen LogP) is 2.69. The highest BCUT2D eigenvalue weighted by Gasteiger charge is 2.54. The van der Waals surface area contributed by atoms with E-state index in [4.69, 9.17) is 14.9 Å². The highest BCUT2D eigenvalue weighted by molar-refractivity contribution is 5.74. The van der Waals surface area contributed by atoms with Crippen molar-refractivity contribution in [1.82, 2.24) is 19.4 Å². The van der Waals surface area contributed by atoms with E-state index in [9.17, 15) is 23.4 Å². The summed E-state index contributed by atoms with van der Waals surface area (Å²) < 4.78 is 52.3. The van der Waals surface area contributed by atoms with E-state index in [1.807, 2.05) is 0 Å². The molecule has 3 aromatic heterocycles. The molecule has 4 rings (SSSR count). The summed E-state index contributed by atoms with van der Waals surface area (Å²) in [5.41, 5.74) is 4.01. The zero-order chi connectivity index (χ0) is 23.3. The molecule has 0 radical (unpaired) electrons. The normalized spacial score (nSPS) is 14.0. The van der Waals surface area contributed by atoms with Crippen molar-refractivity contribution in [3.05, 3.63) is 47.9 Å². The maximum absolute atomic E-state index is 13.5. The lowest BCUT2D eigenvalue weighted by Crippen LogP contribution is -2.45. The van der Waals surface area contributed by atoms with E-state index in [2.05, 4.69) is 15.0 Å². The molecule has 0 aliphatic heterocycles. The van der Waals surface area contributed by atoms with Crippen molar-refractivity contribution in [3.63, 3.8) is 0 Å². The molecule has 168 valence electrons. The van der Waals surface area contributed by atoms with Crippen LogP contribution in [-0.4, -0.2) is 49.5 Å². The summed E-state index contributed by atoms with van der Waals surface area (Å²) >= 11 is 0. The number of nitrogens with zero attached hydrogens (tertiary/aromatic N) is 4. The number of nitrogens with two attached hydrogens (primary N) is 1. The van der Waals surface area contributed by atoms with Crippen LogP contribution in [0.1, 0.15) is 11.1 Å². The van der Waals surface area contributed by atoms with E-state index < -0.39 is 23.9 Å². The molecule has 0 saturated heterocycles. The van der Waals surface area contributed by atoms with Crippen LogP contribution in [0, 0.1) is 6.92 Å². The number of aromatic nitrogens is 4. The minimum Gasteiger partial charge on any atom is -0.454 e. The van der Waals surface area contributed by atoms with E-state index in [0.29, 0.717) is 22.5 Å². The van der Waals surface area contributed by atoms with Crippen molar-refractivity contribution < 1.29 is 32.5 Å². The van der Waals surface area contributed by atoms with Gasteiger partial charge in [0.2, 0.25) is 5.60 Å². The van der Waals surface area contributed by atoms with E-state index in [0.717, 1.165) is 12.1 Å². The molecule has 0 aliphatic rings. The number of oxazole rings is 1. The van der Waals surface area contributed by atoms with Crippen LogP contribution in [0.2, 0.25) is 0 Å². The molecule has 0 bridgehead atoms. The Morgan fingerprint density at radius 3 is 2.59 bits per heavy atom. The van der Waals surface area contributed by atoms with Crippen LogP contribution >= 0.6 is 0 Å². The molecule has 3 heterocycles. The zero-order valence-electron chi connectivity index (χ0n) is 16.9. The first-order valence-electron chi connectivity index (χ1n) is 9.24. The SMILES string of the molecule is COc1ncc(-c2cn3c(-c4cc(C(O)(CO)C(F)(F)F)ccc4C)cnc3c(N)n2)o1. The molecule has 1 aromatic carbocycles. The first-order valence-corrected chi connectivity index (χ1v) is 9.24. The molecule has 1 atom stereocenters. The lowest BCUT2D eigenvalue weighted by molar-refractivity contribution is -0.277. The molecular formula is C20H18F3N5O4. The van der Waals surface area contributed by atoms with Gasteiger partial charge in [0.1, 0.15) is 5.69 Å². The molecule has 4 N–H and O–H groups in total. The topological polar surface area (TPSA) is 132 Å². The van der Waals surface area contributed by atoms with Gasteiger partial charge in [-0.1, -0.05) is 12.1 Å². The fraction of sp³-hybridized carbons (Fsp3) is 0.250. The summed E-state index contributed by atoms with van der Waals surface area (Å²) in [6, 6.07) is 3.70. The van der Waals surface area contributed by atoms with Gasteiger partial charge in [-0.2, -0.15) is 18.2 Å². The molecule has 0 fully saturated rings. The highest BCUT2D eigenvalue weighted by atomic mass is 19.4. The van der Waals surface area contributed by atoms with E-state index in [-0.39, 0.29) is 23.3 Å². The molecular weight excluding hydrogens is 431 g/mol. The third-order valence-corrected chi connectivity index (χ3v) is 5.12. The maximum atomic E-state index is 13.5. The highest BCUT2D eigenvalue weighted by Crippen LogP contribution is 2.40. The number of methoxy groups -OCH3 is 1. The number of anilines is 1. The fourth-order valence-corrected chi connectivity index (χ4v) is 3.30. The lowest BCUT2D eigenvalue weighted by Gasteiger charge is -2.29. The van der Waals surface area contributed by atoms with Crippen LogP contribution in [-0.2, 0) is 5.60 Å². The van der Waals surface area contributed by atoms with Crippen LogP contribution in [0.4, 0.5) is 19.0 Å². The average molecular weight is 449 g/mol. The van der Waals surface area contributed by atoms with Crippen molar-refractivity contribution in [2.75, 3.05) is 19.5 Å². The second-order valence-corrected chi connectivity index (χ2v) is 7.09. The molecule has 0 amide bonds. The number of nitrogen functional groups attached to an aromatic ring is 1. The van der Waals surface area contributed by atoms with Gasteiger partial charge in [0, 0.05) is 11.8 Å². The lowest BCUT2D eigenvalue weighted by atomic mass is 9.90. The van der Waals surface area contributed by atoms with E-state index in [1.165, 1.54) is 25.6 Å². The molecule has 12 heteroatoms. The van der Waals surface area contributed by atoms with Gasteiger partial charge in [0.15, 0.2) is 17.2 Å². The first kappa shape index (κ1) is 21.6. The van der Waals surface area contributed by atoms with Gasteiger partial charge in [-0.25, -0.2) is 9.97 Å². The Morgan fingerprint density at radius 1 is 1.22 bits per heavy atom. The molecule has 0 spiro atoms. The van der Waals surface area contributed by atoms with Gasteiger partial charge in [0.05, 0.1) is 31.8 Å². The van der Waals surface area contributed by atoms with Gasteiger partial charge in [-0.05, 0) is 24.1 Å². The summed E-state index contributed by atoms with van der Waals surface area (Å²) in [6.45, 7) is 0.164. The maximum Gasteiger partial charge on any atom is 0.423 e. The van der Waals surface area contributed by atoms with Gasteiger partial charge in [-0.15, -0.1) is 0 Å². The smallest absolute Gasteiger partial charge is 0.423 e. The van der Waals surface area contributed by atoms with Crippen molar-refractivity contribution in [1.29, 1.82) is 0 Å². The number of rotatable bonds is 5. The second-order valence-electron chi connectivity index (χ2n) is 7.09. The second kappa shape index (κ2) is 7.50. The van der Waals surface area contributed by atoms with Crippen LogP contribution in [0.5, 0.6) is 6.08 Å². The number of aliphatic hydroxyl groups excluding tert-OH is 1. The number of fused-ring (bicyclic) bond motifs is 1. The van der Waals surface area contributed by atoms with Gasteiger partial charge in [0.25, 0.3) is 0 Å². The summed E-state index contributed by atoms with van der Waals surface area (Å²) in [4.78, 5) is 12.4. The number of aliphatic hydroxyl groups is 2. The number of ether oxygens (including phenoxy) is 1. The van der Waals surface area contributed by atoms with Crippen molar-refractivity contribution in [2.45, 2.75) is 18.7 Å². The van der Waals surface area contributed by atoms with E-state index in [1.54, 1.807) is 17.5 Å². The third-order valence-electron chi connectivity index (χ3n) is 5.12. The van der Waals surface area contributed by atoms with Crippen LogP contribution in [0.3, 0.4) is 0 Å². The largest absolute Gasteiger partial charge is 0.454 e. The summed E-state index contributed by atoms with van der Waals surface area (Å²) in [7, 11) is 1.39. The Balaban J connectivity index is 1.90. The summed E-state index contributed by atoms with van der Waals surface area (Å²) in [5, 5.41) is 19.5. The Labute approximate surface area is 178 Å². The third kappa shape index (κ3) is 3.33. The standard InChI is InChI=1S/C20H18F3N5O4/c1-10-3-4-11(19(30,9-29)20(21,22)23)5-12(10)14-6-25-17-16(24)27-13(8-28(14)17)15-7-26-18(31-2)32-15/h3-8,29-30H,9H2,1-2H3,(H2,24,27). The van der Waals surface area contributed by atoms with Crippen molar-refractivity contribution in [2.24, 2.45) is 0 Å². The van der Waals surface area contributed by atoms with E-state index >= 15 is 0 Å². The summed E-state index contributed by atoms with van der Waals surface area (Å²) in [5.74, 6) is 0.312. The van der Waals surface area contributed by atoms with Gasteiger partial charge >= 0.3 is 12.3 Å². The fourth-order valence-electron chi connectivity index (χ4n) is 3.30. The Morgan fingerprint density at radius 2 is 1.97 bits per heavy atom. The van der Waals surface area contributed by atoms with Crippen LogP contribution < -0.4 is 10.5 Å². The molecule has 4 aromatic rings. The average Bonchev–Trinajstić information content (AvgIpc) is 3.40. The molecule has 0 saturated carbocycles. The number of benzene rings is 1.